The highest BCUT2D eigenvalue weighted by Gasteiger charge is 2.59. The van der Waals surface area contributed by atoms with E-state index in [-0.39, 0.29) is 17.4 Å². The van der Waals surface area contributed by atoms with Gasteiger partial charge in [0.1, 0.15) is 6.04 Å². The molecule has 0 unspecified atom stereocenters. The van der Waals surface area contributed by atoms with E-state index in [1.54, 1.807) is 0 Å². The van der Waals surface area contributed by atoms with Gasteiger partial charge in [0.05, 0.1) is 13.2 Å². The summed E-state index contributed by atoms with van der Waals surface area (Å²) in [5.41, 5.74) is 0.114. The quantitative estimate of drug-likeness (QED) is 0.755. The molecule has 1 aliphatic heterocycles. The van der Waals surface area contributed by atoms with Crippen molar-refractivity contribution in [1.82, 2.24) is 5.32 Å². The molecule has 4 atom stereocenters. The minimum atomic E-state index is -0.189. The van der Waals surface area contributed by atoms with Crippen LogP contribution in [0.5, 0.6) is 0 Å². The summed E-state index contributed by atoms with van der Waals surface area (Å²) >= 11 is 0. The zero-order chi connectivity index (χ0) is 12.6. The lowest BCUT2D eigenvalue weighted by molar-refractivity contribution is -0.148. The second kappa shape index (κ2) is 4.58. The molecule has 2 rings (SSSR count). The van der Waals surface area contributed by atoms with Crippen LogP contribution in [0.1, 0.15) is 33.6 Å². The molecule has 2 fully saturated rings. The first-order valence-electron chi connectivity index (χ1n) is 6.47. The first-order valence-corrected chi connectivity index (χ1v) is 6.47. The number of hydrogen-bond donors (Lipinski definition) is 1. The minimum absolute atomic E-state index is 0.114. The molecule has 4 nitrogen and oxygen atoms in total. The third kappa shape index (κ3) is 1.97. The van der Waals surface area contributed by atoms with Crippen LogP contribution in [0, 0.1) is 11.3 Å². The van der Waals surface area contributed by atoms with Gasteiger partial charge >= 0.3 is 5.97 Å². The van der Waals surface area contributed by atoms with Crippen LogP contribution in [0.25, 0.3) is 0 Å². The normalized spacial score (nSPS) is 35.9. The van der Waals surface area contributed by atoms with Crippen LogP contribution in [-0.4, -0.2) is 37.9 Å². The molecular formula is C13H23NO3. The van der Waals surface area contributed by atoms with Gasteiger partial charge in [-0.15, -0.1) is 0 Å². The molecule has 0 aromatic rings. The molecule has 2 aliphatic rings. The van der Waals surface area contributed by atoms with Gasteiger partial charge in [-0.05, 0) is 12.8 Å². The van der Waals surface area contributed by atoms with Gasteiger partial charge in [0.2, 0.25) is 0 Å². The third-order valence-electron chi connectivity index (χ3n) is 4.38. The van der Waals surface area contributed by atoms with Crippen molar-refractivity contribution in [2.24, 2.45) is 11.3 Å². The topological polar surface area (TPSA) is 47.6 Å². The Bertz CT molecular complexity index is 303. The fraction of sp³-hybridized carbons (Fsp3) is 0.923. The van der Waals surface area contributed by atoms with E-state index in [1.165, 1.54) is 7.11 Å². The van der Waals surface area contributed by atoms with Crippen molar-refractivity contribution in [3.8, 4) is 0 Å². The molecule has 0 amide bonds. The molecule has 1 heterocycles. The van der Waals surface area contributed by atoms with E-state index in [0.717, 1.165) is 19.4 Å². The van der Waals surface area contributed by atoms with Crippen LogP contribution in [0.3, 0.4) is 0 Å². The molecule has 1 saturated carbocycles. The number of esters is 1. The summed E-state index contributed by atoms with van der Waals surface area (Å²) in [5.74, 6) is 0.398. The third-order valence-corrected chi connectivity index (χ3v) is 4.38. The molecule has 1 aliphatic carbocycles. The van der Waals surface area contributed by atoms with Gasteiger partial charge in [-0.3, -0.25) is 4.79 Å². The number of carbonyl (C=O) groups is 1. The van der Waals surface area contributed by atoms with Gasteiger partial charge in [0.15, 0.2) is 0 Å². The second-order valence-corrected chi connectivity index (χ2v) is 5.69. The molecule has 0 spiro atoms. The molecule has 0 radical (unpaired) electrons. The largest absolute Gasteiger partial charge is 0.468 e. The van der Waals surface area contributed by atoms with Crippen LogP contribution >= 0.6 is 0 Å². The number of carbonyl (C=O) groups excluding carboxylic acids is 1. The summed E-state index contributed by atoms with van der Waals surface area (Å²) < 4.78 is 10.6. The number of hydrogen-bond acceptors (Lipinski definition) is 4. The van der Waals surface area contributed by atoms with Crippen molar-refractivity contribution in [3.05, 3.63) is 0 Å². The van der Waals surface area contributed by atoms with E-state index < -0.39 is 0 Å². The molecular weight excluding hydrogens is 218 g/mol. The van der Waals surface area contributed by atoms with Crippen molar-refractivity contribution in [1.29, 1.82) is 0 Å². The number of ether oxygens (including phenoxy) is 2. The highest BCUT2D eigenvalue weighted by atomic mass is 16.5. The monoisotopic (exact) mass is 241 g/mol. The van der Waals surface area contributed by atoms with E-state index in [4.69, 9.17) is 9.47 Å². The Morgan fingerprint density at radius 3 is 2.88 bits per heavy atom. The van der Waals surface area contributed by atoms with Crippen molar-refractivity contribution in [2.45, 2.75) is 51.8 Å². The van der Waals surface area contributed by atoms with Gasteiger partial charge in [-0.2, -0.15) is 0 Å². The predicted octanol–water partition coefficient (Wildman–Crippen LogP) is 1.34. The molecule has 0 aromatic heterocycles. The highest BCUT2D eigenvalue weighted by molar-refractivity contribution is 5.75. The summed E-state index contributed by atoms with van der Waals surface area (Å²) in [6.07, 6.45) is 2.22. The van der Waals surface area contributed by atoms with Crippen molar-refractivity contribution in [3.63, 3.8) is 0 Å². The molecule has 98 valence electrons. The molecule has 1 saturated heterocycles. The molecule has 17 heavy (non-hydrogen) atoms. The maximum absolute atomic E-state index is 11.6. The Kier molecular flexibility index (Phi) is 3.46. The molecule has 0 bridgehead atoms. The van der Waals surface area contributed by atoms with Gasteiger partial charge in [-0.1, -0.05) is 20.8 Å². The standard InChI is InChI=1S/C13H23NO3/c1-5-9(12(15)16-4)14-10-8-6-7-17-11(8)13(10,2)3/h8-11,14H,5-7H2,1-4H3/t8-,9+,10-,11+/m1/s1. The van der Waals surface area contributed by atoms with E-state index in [1.807, 2.05) is 6.92 Å². The van der Waals surface area contributed by atoms with Crippen molar-refractivity contribution < 1.29 is 14.3 Å². The summed E-state index contributed by atoms with van der Waals surface area (Å²) in [5, 5.41) is 3.46. The first-order chi connectivity index (χ1) is 8.02. The minimum Gasteiger partial charge on any atom is -0.468 e. The number of rotatable bonds is 4. The molecule has 1 N–H and O–H groups in total. The number of methoxy groups -OCH3 is 1. The lowest BCUT2D eigenvalue weighted by atomic mass is 9.57. The SMILES string of the molecule is CC[C@H](N[C@@H]1[C@H]2CCO[C@@H]2C1(C)C)C(=O)OC. The summed E-state index contributed by atoms with van der Waals surface area (Å²) in [4.78, 5) is 11.6. The molecule has 4 heteroatoms. The van der Waals surface area contributed by atoms with Crippen LogP contribution in [0.4, 0.5) is 0 Å². The van der Waals surface area contributed by atoms with Gasteiger partial charge in [-0.25, -0.2) is 0 Å². The maximum atomic E-state index is 11.6. The Labute approximate surface area is 103 Å². The Morgan fingerprint density at radius 1 is 1.59 bits per heavy atom. The fourth-order valence-electron chi connectivity index (χ4n) is 3.37. The van der Waals surface area contributed by atoms with Crippen molar-refractivity contribution >= 4 is 5.97 Å². The van der Waals surface area contributed by atoms with E-state index >= 15 is 0 Å². The zero-order valence-electron chi connectivity index (χ0n) is 11.2. The highest BCUT2D eigenvalue weighted by Crippen LogP contribution is 2.52. The van der Waals surface area contributed by atoms with Gasteiger partial charge in [0, 0.05) is 24.0 Å². The van der Waals surface area contributed by atoms with E-state index in [9.17, 15) is 4.79 Å². The predicted molar refractivity (Wildman–Crippen MR) is 64.6 cm³/mol. The Morgan fingerprint density at radius 2 is 2.29 bits per heavy atom. The second-order valence-electron chi connectivity index (χ2n) is 5.69. The average Bonchev–Trinajstić information content (AvgIpc) is 2.76. The lowest BCUT2D eigenvalue weighted by Crippen LogP contribution is -2.68. The van der Waals surface area contributed by atoms with Crippen LogP contribution in [0.2, 0.25) is 0 Å². The Hall–Kier alpha value is -0.610. The smallest absolute Gasteiger partial charge is 0.322 e. The van der Waals surface area contributed by atoms with E-state index in [0.29, 0.717) is 18.1 Å². The first kappa shape index (κ1) is 12.8. The average molecular weight is 241 g/mol. The summed E-state index contributed by atoms with van der Waals surface area (Å²) in [6.45, 7) is 7.27. The molecule has 0 aromatic carbocycles. The van der Waals surface area contributed by atoms with Crippen LogP contribution in [0.15, 0.2) is 0 Å². The fourth-order valence-corrected chi connectivity index (χ4v) is 3.37. The van der Waals surface area contributed by atoms with E-state index in [2.05, 4.69) is 19.2 Å². The Balaban J connectivity index is 2.01. The summed E-state index contributed by atoms with van der Waals surface area (Å²) in [7, 11) is 1.44. The van der Waals surface area contributed by atoms with Crippen molar-refractivity contribution in [2.75, 3.05) is 13.7 Å². The van der Waals surface area contributed by atoms with Gasteiger partial charge < -0.3 is 14.8 Å². The van der Waals surface area contributed by atoms with Crippen LogP contribution < -0.4 is 5.32 Å². The number of fused-ring (bicyclic) bond motifs is 1. The summed E-state index contributed by atoms with van der Waals surface area (Å²) in [6, 6.07) is 0.171. The maximum Gasteiger partial charge on any atom is 0.322 e. The van der Waals surface area contributed by atoms with Gasteiger partial charge in [0.25, 0.3) is 0 Å². The van der Waals surface area contributed by atoms with Crippen LogP contribution in [-0.2, 0) is 14.3 Å². The zero-order valence-corrected chi connectivity index (χ0v) is 11.2. The lowest BCUT2D eigenvalue weighted by Gasteiger charge is -2.55. The number of nitrogens with one attached hydrogen (secondary N) is 1.